The minimum Gasteiger partial charge on any atom is -0.397 e. The topological polar surface area (TPSA) is 80.9 Å². The van der Waals surface area contributed by atoms with Crippen LogP contribution < -0.4 is 11.1 Å². The van der Waals surface area contributed by atoms with Gasteiger partial charge in [-0.05, 0) is 54.4 Å². The van der Waals surface area contributed by atoms with Gasteiger partial charge in [0.05, 0.1) is 10.7 Å². The summed E-state index contributed by atoms with van der Waals surface area (Å²) < 4.78 is 0. The first-order chi connectivity index (χ1) is 13.2. The van der Waals surface area contributed by atoms with Gasteiger partial charge < -0.3 is 11.1 Å². The number of fused-ring (bicyclic) bond motifs is 2. The van der Waals surface area contributed by atoms with Crippen molar-refractivity contribution in [2.45, 2.75) is 40.0 Å². The van der Waals surface area contributed by atoms with Crippen molar-refractivity contribution in [1.82, 2.24) is 9.97 Å². The van der Waals surface area contributed by atoms with Gasteiger partial charge in [-0.15, -0.1) is 11.3 Å². The molecule has 7 heteroatoms. The van der Waals surface area contributed by atoms with E-state index in [0.29, 0.717) is 27.3 Å². The number of rotatable bonds is 2. The number of nitrogens with one attached hydrogen (secondary N) is 1. The summed E-state index contributed by atoms with van der Waals surface area (Å²) in [6.45, 7) is 6.88. The van der Waals surface area contributed by atoms with Crippen LogP contribution in [-0.2, 0) is 12.8 Å². The molecule has 3 aromatic rings. The lowest BCUT2D eigenvalue weighted by Gasteiger charge is -2.34. The summed E-state index contributed by atoms with van der Waals surface area (Å²) in [4.78, 5) is 22.9. The number of pyridine rings is 2. The number of nitrogen functional groups attached to an aromatic ring is 1. The number of halogens is 1. The summed E-state index contributed by atoms with van der Waals surface area (Å²) in [6.07, 6.45) is 4.62. The summed E-state index contributed by atoms with van der Waals surface area (Å²) in [5.41, 5.74) is 9.49. The van der Waals surface area contributed by atoms with Crippen molar-refractivity contribution in [3.63, 3.8) is 0 Å². The molecule has 0 bridgehead atoms. The summed E-state index contributed by atoms with van der Waals surface area (Å²) in [6, 6.07) is 5.48. The van der Waals surface area contributed by atoms with Gasteiger partial charge in [0.25, 0.3) is 5.91 Å². The molecule has 0 fully saturated rings. The van der Waals surface area contributed by atoms with Crippen molar-refractivity contribution in [3.8, 4) is 0 Å². The molecule has 1 amide bonds. The first-order valence-corrected chi connectivity index (χ1v) is 10.6. The third-order valence-corrected chi connectivity index (χ3v) is 6.82. The fourth-order valence-corrected chi connectivity index (χ4v) is 4.82. The van der Waals surface area contributed by atoms with Gasteiger partial charge in [0.15, 0.2) is 0 Å². The summed E-state index contributed by atoms with van der Waals surface area (Å²) >= 11 is 7.17. The number of hydrogen-bond acceptors (Lipinski definition) is 5. The van der Waals surface area contributed by atoms with E-state index in [1.54, 1.807) is 12.1 Å². The van der Waals surface area contributed by atoms with Crippen molar-refractivity contribution in [2.75, 3.05) is 11.1 Å². The highest BCUT2D eigenvalue weighted by Gasteiger charge is 2.30. The van der Waals surface area contributed by atoms with E-state index in [-0.39, 0.29) is 11.3 Å². The van der Waals surface area contributed by atoms with Crippen molar-refractivity contribution < 1.29 is 4.79 Å². The Morgan fingerprint density at radius 1 is 1.36 bits per heavy atom. The first kappa shape index (κ1) is 19.2. The molecule has 0 unspecified atom stereocenters. The molecule has 1 aliphatic rings. The number of carbonyl (C=O) groups excluding carboxylic acids is 1. The van der Waals surface area contributed by atoms with Gasteiger partial charge in [-0.1, -0.05) is 32.4 Å². The zero-order valence-corrected chi connectivity index (χ0v) is 17.7. The minimum absolute atomic E-state index is 0.267. The average Bonchev–Trinajstić information content (AvgIpc) is 2.96. The van der Waals surface area contributed by atoms with Crippen LogP contribution in [0.15, 0.2) is 24.4 Å². The highest BCUT2D eigenvalue weighted by molar-refractivity contribution is 7.21. The van der Waals surface area contributed by atoms with Crippen LogP contribution in [0.1, 0.15) is 48.1 Å². The van der Waals surface area contributed by atoms with Crippen LogP contribution in [0.25, 0.3) is 10.2 Å². The van der Waals surface area contributed by atoms with Gasteiger partial charge in [-0.25, -0.2) is 9.97 Å². The van der Waals surface area contributed by atoms with Gasteiger partial charge in [0.1, 0.15) is 15.5 Å². The standard InChI is InChI=1S/C21H23ClN4OS/c1-21(2,3)12-4-6-15-11(8-12)9-14-17(23)18(28-20(14)25-15)19(27)26-16-7-5-13(22)10-24-16/h5,7,9-10,12H,4,6,8,23H2,1-3H3,(H,24,26,27)/t12-/m1/s1. The molecule has 4 rings (SSSR count). The Balaban J connectivity index is 1.65. The Hall–Kier alpha value is -2.18. The largest absolute Gasteiger partial charge is 0.397 e. The van der Waals surface area contributed by atoms with Crippen molar-refractivity contribution in [3.05, 3.63) is 45.6 Å². The van der Waals surface area contributed by atoms with Gasteiger partial charge in [0, 0.05) is 17.3 Å². The van der Waals surface area contributed by atoms with Crippen molar-refractivity contribution >= 4 is 50.6 Å². The second-order valence-corrected chi connectivity index (χ2v) is 9.85. The Labute approximate surface area is 173 Å². The van der Waals surface area contributed by atoms with Gasteiger partial charge in [-0.3, -0.25) is 4.79 Å². The first-order valence-electron chi connectivity index (χ1n) is 9.36. The van der Waals surface area contributed by atoms with Crippen molar-refractivity contribution in [2.24, 2.45) is 11.3 Å². The Morgan fingerprint density at radius 2 is 2.14 bits per heavy atom. The number of aromatic nitrogens is 2. The molecule has 5 nitrogen and oxygen atoms in total. The van der Waals surface area contributed by atoms with Crippen molar-refractivity contribution in [1.29, 1.82) is 0 Å². The van der Waals surface area contributed by atoms with Gasteiger partial charge >= 0.3 is 0 Å². The highest BCUT2D eigenvalue weighted by atomic mass is 35.5. The van der Waals surface area contributed by atoms with E-state index in [2.05, 4.69) is 37.1 Å². The van der Waals surface area contributed by atoms with Crippen LogP contribution in [0, 0.1) is 11.3 Å². The minimum atomic E-state index is -0.277. The van der Waals surface area contributed by atoms with E-state index in [9.17, 15) is 4.79 Å². The molecule has 3 N–H and O–H groups in total. The molecular weight excluding hydrogens is 392 g/mol. The zero-order chi connectivity index (χ0) is 20.1. The van der Waals surface area contributed by atoms with Crippen LogP contribution in [0.3, 0.4) is 0 Å². The Kier molecular flexibility index (Phi) is 4.79. The number of nitrogens with zero attached hydrogens (tertiary/aromatic N) is 2. The number of aryl methyl sites for hydroxylation is 1. The zero-order valence-electron chi connectivity index (χ0n) is 16.2. The van der Waals surface area contributed by atoms with Crippen LogP contribution in [0.4, 0.5) is 11.5 Å². The molecule has 0 aromatic carbocycles. The monoisotopic (exact) mass is 414 g/mol. The predicted molar refractivity (Wildman–Crippen MR) is 116 cm³/mol. The molecule has 1 aliphatic carbocycles. The predicted octanol–water partition coefficient (Wildman–Crippen LogP) is 5.33. The molecule has 1 atom stereocenters. The van der Waals surface area contributed by atoms with Crippen LogP contribution in [0.2, 0.25) is 5.02 Å². The smallest absolute Gasteiger partial charge is 0.269 e. The lowest BCUT2D eigenvalue weighted by Crippen LogP contribution is -2.27. The van der Waals surface area contributed by atoms with E-state index >= 15 is 0 Å². The lowest BCUT2D eigenvalue weighted by atomic mass is 9.71. The molecule has 0 radical (unpaired) electrons. The van der Waals surface area contributed by atoms with Crippen LogP contribution >= 0.6 is 22.9 Å². The second kappa shape index (κ2) is 7.01. The summed E-state index contributed by atoms with van der Waals surface area (Å²) in [5.74, 6) is 0.783. The third-order valence-electron chi connectivity index (χ3n) is 5.49. The quantitative estimate of drug-likeness (QED) is 0.593. The molecule has 0 spiro atoms. The molecular formula is C21H23ClN4OS. The third kappa shape index (κ3) is 3.59. The van der Waals surface area contributed by atoms with E-state index < -0.39 is 0 Å². The molecule has 0 aliphatic heterocycles. The molecule has 3 heterocycles. The summed E-state index contributed by atoms with van der Waals surface area (Å²) in [7, 11) is 0. The number of carbonyl (C=O) groups is 1. The SMILES string of the molecule is CC(C)(C)[C@@H]1CCc2nc3sc(C(=O)Nc4ccc(Cl)cn4)c(N)c3cc2C1. The second-order valence-electron chi connectivity index (χ2n) is 8.41. The van der Waals surface area contributed by atoms with Gasteiger partial charge in [0.2, 0.25) is 0 Å². The van der Waals surface area contributed by atoms with Crippen LogP contribution in [-0.4, -0.2) is 15.9 Å². The maximum atomic E-state index is 12.7. The van der Waals surface area contributed by atoms with E-state index in [1.807, 2.05) is 0 Å². The maximum Gasteiger partial charge on any atom is 0.269 e. The maximum absolute atomic E-state index is 12.7. The fraction of sp³-hybridized carbons (Fsp3) is 0.381. The van der Waals surface area contributed by atoms with E-state index in [4.69, 9.17) is 22.3 Å². The molecule has 28 heavy (non-hydrogen) atoms. The number of nitrogens with two attached hydrogens (primary N) is 1. The number of thiophene rings is 1. The lowest BCUT2D eigenvalue weighted by molar-refractivity contribution is 0.103. The molecule has 0 saturated carbocycles. The van der Waals surface area contributed by atoms with Crippen LogP contribution in [0.5, 0.6) is 0 Å². The molecule has 0 saturated heterocycles. The number of hydrogen-bond donors (Lipinski definition) is 2. The Morgan fingerprint density at radius 3 is 2.82 bits per heavy atom. The molecule has 146 valence electrons. The average molecular weight is 415 g/mol. The fourth-order valence-electron chi connectivity index (χ4n) is 3.72. The normalized spacial score (nSPS) is 16.8. The summed E-state index contributed by atoms with van der Waals surface area (Å²) in [5, 5.41) is 4.16. The molecule has 3 aromatic heterocycles. The van der Waals surface area contributed by atoms with Gasteiger partial charge in [-0.2, -0.15) is 0 Å². The Bertz CT molecular complexity index is 1050. The van der Waals surface area contributed by atoms with E-state index in [0.717, 1.165) is 35.2 Å². The van der Waals surface area contributed by atoms with E-state index in [1.165, 1.54) is 23.1 Å². The highest BCUT2D eigenvalue weighted by Crippen LogP contribution is 2.40. The number of amides is 1. The number of anilines is 2.